The van der Waals surface area contributed by atoms with E-state index in [9.17, 15) is 5.11 Å². The van der Waals surface area contributed by atoms with Crippen LogP contribution in [-0.2, 0) is 0 Å². The Hall–Kier alpha value is -2.54. The predicted octanol–water partition coefficient (Wildman–Crippen LogP) is 4.03. The van der Waals surface area contributed by atoms with Crippen LogP contribution in [0.15, 0.2) is 60.7 Å². The first-order chi connectivity index (χ1) is 12.1. The monoisotopic (exact) mass is 342 g/mol. The average Bonchev–Trinajstić information content (AvgIpc) is 2.61. The third kappa shape index (κ3) is 2.95. The van der Waals surface area contributed by atoms with E-state index in [1.807, 2.05) is 49.4 Å². The van der Waals surface area contributed by atoms with E-state index in [1.165, 1.54) is 0 Å². The maximum absolute atomic E-state index is 10.3. The number of pyridine rings is 1. The fourth-order valence-electron chi connectivity index (χ4n) is 3.08. The van der Waals surface area contributed by atoms with Gasteiger partial charge in [0.05, 0.1) is 0 Å². The van der Waals surface area contributed by atoms with E-state index in [0.717, 1.165) is 43.1 Å². The van der Waals surface area contributed by atoms with Gasteiger partial charge in [0.25, 0.3) is 0 Å². The molecule has 1 N–H and O–H groups in total. The van der Waals surface area contributed by atoms with Crippen LogP contribution in [0.5, 0.6) is 11.5 Å². The van der Waals surface area contributed by atoms with Gasteiger partial charge in [-0.3, -0.25) is 0 Å². The number of aryl methyl sites for hydroxylation is 2. The number of hydrogen-bond acceptors (Lipinski definition) is 3. The quantitative estimate of drug-likeness (QED) is 0.572. The minimum atomic E-state index is -0.496. The lowest BCUT2D eigenvalue weighted by Crippen LogP contribution is -2.24. The molecule has 1 aromatic heterocycles. The lowest BCUT2D eigenvalue weighted by Gasteiger charge is -2.14. The second-order valence-corrected chi connectivity index (χ2v) is 7.24. The fraction of sp³-hybridized carbons (Fsp3) is 0.0952. The molecule has 0 amide bonds. The molecule has 4 aromatic rings. The molecule has 121 valence electrons. The summed E-state index contributed by atoms with van der Waals surface area (Å²) in [6, 6.07) is 19.8. The highest BCUT2D eigenvalue weighted by Crippen LogP contribution is 2.26. The van der Waals surface area contributed by atoms with Gasteiger partial charge >= 0.3 is 15.6 Å². The van der Waals surface area contributed by atoms with E-state index in [1.54, 1.807) is 6.07 Å². The Morgan fingerprint density at radius 1 is 0.880 bits per heavy atom. The SMILES string of the molecule is Cc1ccc2cccc([O][Al][c]3c(C)ccc4cccc(O)c34)c2n1. The van der Waals surface area contributed by atoms with Crippen molar-refractivity contribution in [1.29, 1.82) is 0 Å². The molecule has 0 atom stereocenters. The van der Waals surface area contributed by atoms with Crippen molar-refractivity contribution in [3.8, 4) is 11.5 Å². The van der Waals surface area contributed by atoms with Crippen molar-refractivity contribution >= 4 is 41.7 Å². The normalized spacial score (nSPS) is 11.0. The number of rotatable bonds is 3. The van der Waals surface area contributed by atoms with Gasteiger partial charge in [0, 0.05) is 16.5 Å². The van der Waals surface area contributed by atoms with Crippen LogP contribution in [0.25, 0.3) is 21.7 Å². The lowest BCUT2D eigenvalue weighted by atomic mass is 10.1. The minimum Gasteiger partial charge on any atom is -0.643 e. The van der Waals surface area contributed by atoms with Crippen LogP contribution in [0.1, 0.15) is 11.3 Å². The molecule has 0 saturated carbocycles. The minimum absolute atomic E-state index is 0.305. The van der Waals surface area contributed by atoms with Crippen LogP contribution in [0.3, 0.4) is 0 Å². The van der Waals surface area contributed by atoms with Gasteiger partial charge in [0.2, 0.25) is 0 Å². The Labute approximate surface area is 153 Å². The molecule has 0 aliphatic rings. The molecule has 25 heavy (non-hydrogen) atoms. The fourth-order valence-corrected chi connectivity index (χ4v) is 4.23. The maximum Gasteiger partial charge on any atom is 0.571 e. The molecule has 3 nitrogen and oxygen atoms in total. The molecule has 3 aromatic carbocycles. The van der Waals surface area contributed by atoms with Crippen LogP contribution < -0.4 is 8.21 Å². The number of hydrogen-bond donors (Lipinski definition) is 1. The first-order valence-corrected chi connectivity index (χ1v) is 9.26. The zero-order valence-electron chi connectivity index (χ0n) is 14.2. The predicted molar refractivity (Wildman–Crippen MR) is 103 cm³/mol. The Bertz CT molecular complexity index is 1090. The van der Waals surface area contributed by atoms with Gasteiger partial charge in [-0.1, -0.05) is 52.5 Å². The highest BCUT2D eigenvalue weighted by Gasteiger charge is 2.14. The van der Waals surface area contributed by atoms with E-state index < -0.39 is 15.6 Å². The smallest absolute Gasteiger partial charge is 0.571 e. The summed E-state index contributed by atoms with van der Waals surface area (Å²) >= 11 is -0.496. The zero-order valence-corrected chi connectivity index (χ0v) is 15.3. The third-order valence-electron chi connectivity index (χ3n) is 4.41. The molecular formula is C21H17AlNO2. The van der Waals surface area contributed by atoms with Crippen molar-refractivity contribution in [1.82, 2.24) is 4.98 Å². The first kappa shape index (κ1) is 16.0. The molecule has 1 heterocycles. The van der Waals surface area contributed by atoms with Crippen molar-refractivity contribution < 1.29 is 8.90 Å². The van der Waals surface area contributed by atoms with Crippen molar-refractivity contribution in [2.75, 3.05) is 0 Å². The van der Waals surface area contributed by atoms with Crippen LogP contribution in [0, 0.1) is 13.8 Å². The number of aromatic hydroxyl groups is 1. The maximum atomic E-state index is 10.3. The standard InChI is InChI=1S/C11H9O.C10H9NO.Al/c1-8-5-6-9-3-2-4-11(12)10(9)7-8;1-7-5-6-8-3-2-4-9(12)10(8)11-7;/h2*2-6,12H,1H3;/q;;+1/p-1. The Morgan fingerprint density at radius 3 is 2.52 bits per heavy atom. The second kappa shape index (κ2) is 6.40. The van der Waals surface area contributed by atoms with Crippen LogP contribution >= 0.6 is 0 Å². The number of benzene rings is 3. The summed E-state index contributed by atoms with van der Waals surface area (Å²) in [5.41, 5.74) is 2.99. The van der Waals surface area contributed by atoms with Crippen LogP contribution in [0.4, 0.5) is 0 Å². The van der Waals surface area contributed by atoms with Gasteiger partial charge in [-0.15, -0.1) is 0 Å². The molecule has 0 saturated heterocycles. The molecule has 0 aliphatic heterocycles. The van der Waals surface area contributed by atoms with Crippen molar-refractivity contribution in [3.63, 3.8) is 0 Å². The number of para-hydroxylation sites is 1. The summed E-state index contributed by atoms with van der Waals surface area (Å²) in [5, 5.41) is 13.3. The summed E-state index contributed by atoms with van der Waals surface area (Å²) in [5.74, 6) is 1.10. The Morgan fingerprint density at radius 2 is 1.64 bits per heavy atom. The van der Waals surface area contributed by atoms with Crippen molar-refractivity contribution in [3.05, 3.63) is 71.9 Å². The van der Waals surface area contributed by atoms with E-state index in [4.69, 9.17) is 3.79 Å². The van der Waals surface area contributed by atoms with Crippen LogP contribution in [0.2, 0.25) is 0 Å². The summed E-state index contributed by atoms with van der Waals surface area (Å²) in [7, 11) is 0. The topological polar surface area (TPSA) is 42.4 Å². The van der Waals surface area contributed by atoms with Gasteiger partial charge in [-0.2, -0.15) is 0 Å². The summed E-state index contributed by atoms with van der Waals surface area (Å²) in [6.07, 6.45) is 0. The molecule has 4 heteroatoms. The number of nitrogens with zero attached hydrogens (tertiary/aromatic N) is 1. The zero-order chi connectivity index (χ0) is 17.4. The molecule has 0 bridgehead atoms. The van der Waals surface area contributed by atoms with Crippen LogP contribution in [-0.4, -0.2) is 25.6 Å². The number of phenols is 1. The largest absolute Gasteiger partial charge is 0.643 e. The lowest BCUT2D eigenvalue weighted by molar-refractivity contribution is 0.482. The summed E-state index contributed by atoms with van der Waals surface area (Å²) < 4.78 is 7.30. The van der Waals surface area contributed by atoms with Gasteiger partial charge in [0.1, 0.15) is 17.0 Å². The summed E-state index contributed by atoms with van der Waals surface area (Å²) in [4.78, 5) is 4.63. The highest BCUT2D eigenvalue weighted by molar-refractivity contribution is 6.53. The number of phenolic OH excluding ortho intramolecular Hbond substituents is 1. The molecule has 0 spiro atoms. The Balaban J connectivity index is 1.77. The number of fused-ring (bicyclic) bond motifs is 2. The van der Waals surface area contributed by atoms with E-state index in [-0.39, 0.29) is 0 Å². The number of aromatic nitrogens is 1. The average molecular weight is 342 g/mol. The van der Waals surface area contributed by atoms with E-state index in [2.05, 4.69) is 24.0 Å². The molecule has 0 fully saturated rings. The molecule has 1 radical (unpaired) electrons. The molecule has 0 aliphatic carbocycles. The van der Waals surface area contributed by atoms with E-state index >= 15 is 0 Å². The molecule has 0 unspecified atom stereocenters. The van der Waals surface area contributed by atoms with Crippen molar-refractivity contribution in [2.24, 2.45) is 0 Å². The second-order valence-electron chi connectivity index (χ2n) is 6.19. The first-order valence-electron chi connectivity index (χ1n) is 8.21. The van der Waals surface area contributed by atoms with Gasteiger partial charge in [0.15, 0.2) is 0 Å². The molecule has 4 rings (SSSR count). The van der Waals surface area contributed by atoms with Crippen molar-refractivity contribution in [2.45, 2.75) is 13.8 Å². The molecular weight excluding hydrogens is 325 g/mol. The third-order valence-corrected chi connectivity index (χ3v) is 5.76. The van der Waals surface area contributed by atoms with E-state index in [0.29, 0.717) is 5.75 Å². The Kier molecular flexibility index (Phi) is 4.09. The highest BCUT2D eigenvalue weighted by atomic mass is 27.1. The van der Waals surface area contributed by atoms with Gasteiger partial charge < -0.3 is 8.90 Å². The van der Waals surface area contributed by atoms with Gasteiger partial charge in [-0.25, -0.2) is 4.98 Å². The van der Waals surface area contributed by atoms with Gasteiger partial charge in [-0.05, 0) is 37.4 Å². The summed E-state index contributed by atoms with van der Waals surface area (Å²) in [6.45, 7) is 4.04.